The van der Waals surface area contributed by atoms with Crippen LogP contribution in [-0.4, -0.2) is 26.0 Å². The van der Waals surface area contributed by atoms with Gasteiger partial charge in [-0.05, 0) is 17.7 Å². The van der Waals surface area contributed by atoms with E-state index >= 15 is 0 Å². The van der Waals surface area contributed by atoms with Crippen molar-refractivity contribution in [2.75, 3.05) is 11.5 Å². The average Bonchev–Trinajstić information content (AvgIpc) is 2.13. The van der Waals surface area contributed by atoms with Crippen molar-refractivity contribution in [3.8, 4) is 0 Å². The van der Waals surface area contributed by atoms with Crippen molar-refractivity contribution < 1.29 is 12.8 Å². The van der Waals surface area contributed by atoms with Crippen LogP contribution in [0.15, 0.2) is 18.2 Å². The fourth-order valence-electron chi connectivity index (χ4n) is 1.60. The van der Waals surface area contributed by atoms with Crippen LogP contribution < -0.4 is 5.32 Å². The molecular weight excluding hydrogens is 253 g/mol. The number of rotatable bonds is 3. The zero-order valence-corrected chi connectivity index (χ0v) is 9.98. The van der Waals surface area contributed by atoms with Crippen molar-refractivity contribution in [1.82, 2.24) is 5.32 Å². The SMILES string of the molecule is O=S1(=O)CC(NCc2ccc(F)cc2Cl)C1. The van der Waals surface area contributed by atoms with Gasteiger partial charge in [-0.3, -0.25) is 0 Å². The highest BCUT2D eigenvalue weighted by atomic mass is 35.5. The smallest absolute Gasteiger partial charge is 0.153 e. The van der Waals surface area contributed by atoms with Crippen molar-refractivity contribution in [3.05, 3.63) is 34.6 Å². The Morgan fingerprint density at radius 2 is 2.12 bits per heavy atom. The number of sulfone groups is 1. The molecule has 0 radical (unpaired) electrons. The van der Waals surface area contributed by atoms with Crippen LogP contribution in [0, 0.1) is 5.82 Å². The predicted molar refractivity (Wildman–Crippen MR) is 60.7 cm³/mol. The van der Waals surface area contributed by atoms with E-state index in [0.29, 0.717) is 11.6 Å². The monoisotopic (exact) mass is 263 g/mol. The van der Waals surface area contributed by atoms with Crippen LogP contribution in [0.5, 0.6) is 0 Å². The van der Waals surface area contributed by atoms with E-state index < -0.39 is 9.84 Å². The number of halogens is 2. The number of nitrogens with one attached hydrogen (secondary N) is 1. The van der Waals surface area contributed by atoms with Crippen LogP contribution >= 0.6 is 11.6 Å². The molecule has 16 heavy (non-hydrogen) atoms. The summed E-state index contributed by atoms with van der Waals surface area (Å²) in [6.07, 6.45) is 0. The third kappa shape index (κ3) is 2.72. The Bertz CT molecular complexity index is 492. The lowest BCUT2D eigenvalue weighted by Gasteiger charge is -2.26. The first-order valence-electron chi connectivity index (χ1n) is 4.84. The van der Waals surface area contributed by atoms with Gasteiger partial charge in [-0.1, -0.05) is 17.7 Å². The van der Waals surface area contributed by atoms with Crippen LogP contribution in [0.1, 0.15) is 5.56 Å². The summed E-state index contributed by atoms with van der Waals surface area (Å²) in [6.45, 7) is 0.458. The summed E-state index contributed by atoms with van der Waals surface area (Å²) in [6, 6.07) is 4.17. The van der Waals surface area contributed by atoms with Crippen LogP contribution in [0.4, 0.5) is 4.39 Å². The van der Waals surface area contributed by atoms with Crippen LogP contribution in [0.25, 0.3) is 0 Å². The second-order valence-electron chi connectivity index (χ2n) is 3.89. The molecule has 0 bridgehead atoms. The highest BCUT2D eigenvalue weighted by Gasteiger charge is 2.32. The summed E-state index contributed by atoms with van der Waals surface area (Å²) in [5.41, 5.74) is 0.771. The van der Waals surface area contributed by atoms with Gasteiger partial charge in [0.2, 0.25) is 0 Å². The summed E-state index contributed by atoms with van der Waals surface area (Å²) >= 11 is 5.83. The standard InChI is InChI=1S/C10H11ClFNO2S/c11-10-3-8(12)2-1-7(10)4-13-9-5-16(14,15)6-9/h1-3,9,13H,4-6H2. The molecule has 1 N–H and O–H groups in total. The Morgan fingerprint density at radius 3 is 2.69 bits per heavy atom. The number of hydrogen-bond acceptors (Lipinski definition) is 3. The minimum Gasteiger partial charge on any atom is -0.308 e. The maximum absolute atomic E-state index is 12.7. The summed E-state index contributed by atoms with van der Waals surface area (Å²) in [7, 11) is -2.81. The van der Waals surface area contributed by atoms with E-state index in [0.717, 1.165) is 5.56 Å². The van der Waals surface area contributed by atoms with Gasteiger partial charge in [0, 0.05) is 17.6 Å². The zero-order chi connectivity index (χ0) is 11.8. The summed E-state index contributed by atoms with van der Waals surface area (Å²) in [4.78, 5) is 0. The van der Waals surface area contributed by atoms with Gasteiger partial charge in [-0.25, -0.2) is 12.8 Å². The third-order valence-corrected chi connectivity index (χ3v) is 4.68. The summed E-state index contributed by atoms with van der Waals surface area (Å²) in [5, 5.41) is 3.42. The molecule has 2 rings (SSSR count). The van der Waals surface area contributed by atoms with E-state index in [1.807, 2.05) is 0 Å². The maximum atomic E-state index is 12.7. The van der Waals surface area contributed by atoms with E-state index in [1.54, 1.807) is 6.07 Å². The molecule has 0 aliphatic carbocycles. The van der Waals surface area contributed by atoms with E-state index in [1.165, 1.54) is 12.1 Å². The Morgan fingerprint density at radius 1 is 1.44 bits per heavy atom. The zero-order valence-electron chi connectivity index (χ0n) is 8.41. The normalized spacial score (nSPS) is 19.4. The average molecular weight is 264 g/mol. The number of benzene rings is 1. The second-order valence-corrected chi connectivity index (χ2v) is 6.45. The van der Waals surface area contributed by atoms with Gasteiger partial charge in [0.15, 0.2) is 9.84 Å². The van der Waals surface area contributed by atoms with Gasteiger partial charge in [-0.15, -0.1) is 0 Å². The van der Waals surface area contributed by atoms with Crippen LogP contribution in [0.3, 0.4) is 0 Å². The molecular formula is C10H11ClFNO2S. The third-order valence-electron chi connectivity index (χ3n) is 2.51. The minimum atomic E-state index is -2.81. The molecule has 0 unspecified atom stereocenters. The number of hydrogen-bond donors (Lipinski definition) is 1. The van der Waals surface area contributed by atoms with E-state index in [-0.39, 0.29) is 23.4 Å². The molecule has 0 spiro atoms. The second kappa shape index (κ2) is 4.31. The lowest BCUT2D eigenvalue weighted by atomic mass is 10.2. The molecule has 0 aromatic heterocycles. The van der Waals surface area contributed by atoms with Crippen molar-refractivity contribution in [1.29, 1.82) is 0 Å². The fourth-order valence-corrected chi connectivity index (χ4v) is 3.20. The molecule has 0 amide bonds. The first-order valence-corrected chi connectivity index (χ1v) is 7.04. The quantitative estimate of drug-likeness (QED) is 0.896. The summed E-state index contributed by atoms with van der Waals surface area (Å²) in [5.74, 6) is -0.0302. The lowest BCUT2D eigenvalue weighted by molar-refractivity contribution is 0.511. The Labute approximate surface area is 98.5 Å². The molecule has 1 aliphatic heterocycles. The lowest BCUT2D eigenvalue weighted by Crippen LogP contribution is -2.50. The fraction of sp³-hybridized carbons (Fsp3) is 0.400. The topological polar surface area (TPSA) is 46.2 Å². The molecule has 0 atom stereocenters. The molecule has 1 aromatic rings. The Balaban J connectivity index is 1.91. The molecule has 1 aliphatic rings. The van der Waals surface area contributed by atoms with E-state index in [4.69, 9.17) is 11.6 Å². The van der Waals surface area contributed by atoms with Crippen molar-refractivity contribution in [3.63, 3.8) is 0 Å². The first-order chi connectivity index (χ1) is 7.46. The first kappa shape index (κ1) is 11.8. The highest BCUT2D eigenvalue weighted by molar-refractivity contribution is 7.92. The molecule has 1 saturated heterocycles. The van der Waals surface area contributed by atoms with E-state index in [9.17, 15) is 12.8 Å². The highest BCUT2D eigenvalue weighted by Crippen LogP contribution is 2.18. The van der Waals surface area contributed by atoms with Crippen molar-refractivity contribution in [2.45, 2.75) is 12.6 Å². The van der Waals surface area contributed by atoms with Gasteiger partial charge in [0.1, 0.15) is 5.82 Å². The Hall–Kier alpha value is -0.650. The molecule has 1 aromatic carbocycles. The minimum absolute atomic E-state index is 0.00822. The van der Waals surface area contributed by atoms with E-state index in [2.05, 4.69) is 5.32 Å². The molecule has 1 fully saturated rings. The molecule has 88 valence electrons. The van der Waals surface area contributed by atoms with Crippen LogP contribution in [0.2, 0.25) is 5.02 Å². The predicted octanol–water partition coefficient (Wildman–Crippen LogP) is 1.37. The van der Waals surface area contributed by atoms with Crippen molar-refractivity contribution >= 4 is 21.4 Å². The van der Waals surface area contributed by atoms with Gasteiger partial charge in [-0.2, -0.15) is 0 Å². The maximum Gasteiger partial charge on any atom is 0.153 e. The molecule has 1 heterocycles. The summed E-state index contributed by atoms with van der Waals surface area (Å²) < 4.78 is 34.6. The molecule has 3 nitrogen and oxygen atoms in total. The molecule has 0 saturated carbocycles. The van der Waals surface area contributed by atoms with Gasteiger partial charge in [0.05, 0.1) is 11.5 Å². The molecule has 6 heteroatoms. The largest absolute Gasteiger partial charge is 0.308 e. The van der Waals surface area contributed by atoms with Gasteiger partial charge in [0.25, 0.3) is 0 Å². The van der Waals surface area contributed by atoms with Crippen molar-refractivity contribution in [2.24, 2.45) is 0 Å². The van der Waals surface area contributed by atoms with Crippen LogP contribution in [-0.2, 0) is 16.4 Å². The van der Waals surface area contributed by atoms with Gasteiger partial charge >= 0.3 is 0 Å². The Kier molecular flexibility index (Phi) is 3.19. The van der Waals surface area contributed by atoms with Gasteiger partial charge < -0.3 is 5.32 Å².